The van der Waals surface area contributed by atoms with Gasteiger partial charge < -0.3 is 5.73 Å². The third kappa shape index (κ3) is 2.47. The summed E-state index contributed by atoms with van der Waals surface area (Å²) in [6, 6.07) is 2.16. The zero-order valence-electron chi connectivity index (χ0n) is 10.8. The van der Waals surface area contributed by atoms with Crippen molar-refractivity contribution in [2.75, 3.05) is 6.54 Å². The van der Waals surface area contributed by atoms with Crippen molar-refractivity contribution in [2.45, 2.75) is 33.7 Å². The first-order valence-electron chi connectivity index (χ1n) is 6.14. The summed E-state index contributed by atoms with van der Waals surface area (Å²) in [5, 5.41) is 5.70. The van der Waals surface area contributed by atoms with Gasteiger partial charge in [0.1, 0.15) is 0 Å². The molecule has 0 radical (unpaired) electrons. The summed E-state index contributed by atoms with van der Waals surface area (Å²) in [4.78, 5) is 4.52. The van der Waals surface area contributed by atoms with E-state index in [1.165, 1.54) is 5.56 Å². The van der Waals surface area contributed by atoms with Crippen molar-refractivity contribution < 1.29 is 0 Å². The highest BCUT2D eigenvalue weighted by Gasteiger charge is 2.10. The van der Waals surface area contributed by atoms with Crippen molar-refractivity contribution in [1.29, 1.82) is 0 Å². The number of aromatic nitrogens is 3. The highest BCUT2D eigenvalue weighted by molar-refractivity contribution is 5.78. The maximum absolute atomic E-state index is 5.57. The van der Waals surface area contributed by atoms with E-state index < -0.39 is 0 Å². The molecule has 92 valence electrons. The molecule has 0 saturated heterocycles. The standard InChI is InChI=1S/C13H20N4/c1-9(2)8-17-13-12(10(3)16-17)6-11(4-5-14)7-15-13/h6-7,9H,4-5,8,14H2,1-3H3. The Labute approximate surface area is 102 Å². The Morgan fingerprint density at radius 3 is 2.82 bits per heavy atom. The minimum Gasteiger partial charge on any atom is -0.330 e. The molecule has 4 nitrogen and oxygen atoms in total. The molecule has 2 heterocycles. The molecule has 0 aliphatic heterocycles. The van der Waals surface area contributed by atoms with Crippen molar-refractivity contribution in [1.82, 2.24) is 14.8 Å². The summed E-state index contributed by atoms with van der Waals surface area (Å²) in [6.45, 7) is 7.98. The van der Waals surface area contributed by atoms with E-state index in [0.29, 0.717) is 12.5 Å². The second-order valence-electron chi connectivity index (χ2n) is 4.91. The minimum absolute atomic E-state index is 0.572. The Kier molecular flexibility index (Phi) is 3.43. The number of nitrogens with zero attached hydrogens (tertiary/aromatic N) is 3. The predicted molar refractivity (Wildman–Crippen MR) is 69.9 cm³/mol. The van der Waals surface area contributed by atoms with Crippen molar-refractivity contribution in [3.05, 3.63) is 23.5 Å². The highest BCUT2D eigenvalue weighted by atomic mass is 15.3. The van der Waals surface area contributed by atoms with Gasteiger partial charge in [0.15, 0.2) is 5.65 Å². The zero-order chi connectivity index (χ0) is 12.4. The van der Waals surface area contributed by atoms with E-state index in [-0.39, 0.29) is 0 Å². The Morgan fingerprint density at radius 2 is 2.18 bits per heavy atom. The van der Waals surface area contributed by atoms with Gasteiger partial charge in [-0.15, -0.1) is 0 Å². The fourth-order valence-electron chi connectivity index (χ4n) is 2.03. The van der Waals surface area contributed by atoms with Crippen molar-refractivity contribution in [3.63, 3.8) is 0 Å². The summed E-state index contributed by atoms with van der Waals surface area (Å²) >= 11 is 0. The van der Waals surface area contributed by atoms with E-state index >= 15 is 0 Å². The van der Waals surface area contributed by atoms with Crippen molar-refractivity contribution in [3.8, 4) is 0 Å². The van der Waals surface area contributed by atoms with Gasteiger partial charge >= 0.3 is 0 Å². The van der Waals surface area contributed by atoms with Crippen LogP contribution in [0, 0.1) is 12.8 Å². The van der Waals surface area contributed by atoms with Crippen LogP contribution in [0.5, 0.6) is 0 Å². The van der Waals surface area contributed by atoms with E-state index in [1.54, 1.807) is 0 Å². The van der Waals surface area contributed by atoms with Gasteiger partial charge in [-0.05, 0) is 37.4 Å². The van der Waals surface area contributed by atoms with Gasteiger partial charge in [-0.25, -0.2) is 9.67 Å². The third-order valence-corrected chi connectivity index (χ3v) is 2.80. The average molecular weight is 232 g/mol. The molecule has 4 heteroatoms. The molecular formula is C13H20N4. The van der Waals surface area contributed by atoms with E-state index in [0.717, 1.165) is 29.7 Å². The van der Waals surface area contributed by atoms with E-state index in [2.05, 4.69) is 30.0 Å². The quantitative estimate of drug-likeness (QED) is 0.876. The van der Waals surface area contributed by atoms with E-state index in [4.69, 9.17) is 5.73 Å². The number of aryl methyl sites for hydroxylation is 1. The van der Waals surface area contributed by atoms with Crippen LogP contribution in [0.3, 0.4) is 0 Å². The van der Waals surface area contributed by atoms with Gasteiger partial charge in [-0.2, -0.15) is 5.10 Å². The van der Waals surface area contributed by atoms with Crippen LogP contribution in [0.1, 0.15) is 25.1 Å². The molecule has 0 spiro atoms. The number of nitrogens with two attached hydrogens (primary N) is 1. The molecule has 0 atom stereocenters. The first kappa shape index (κ1) is 12.0. The lowest BCUT2D eigenvalue weighted by Gasteiger charge is -2.05. The van der Waals surface area contributed by atoms with Crippen LogP contribution in [0.4, 0.5) is 0 Å². The van der Waals surface area contributed by atoms with Gasteiger partial charge in [0.05, 0.1) is 5.69 Å². The Morgan fingerprint density at radius 1 is 1.41 bits per heavy atom. The molecule has 0 fully saturated rings. The molecule has 0 bridgehead atoms. The normalized spacial score (nSPS) is 11.6. The van der Waals surface area contributed by atoms with Gasteiger partial charge in [-0.3, -0.25) is 0 Å². The lowest BCUT2D eigenvalue weighted by Crippen LogP contribution is -2.07. The average Bonchev–Trinajstić information content (AvgIpc) is 2.55. The molecule has 2 N–H and O–H groups in total. The summed E-state index contributed by atoms with van der Waals surface area (Å²) in [5.41, 5.74) is 8.78. The van der Waals surface area contributed by atoms with Gasteiger partial charge in [0.25, 0.3) is 0 Å². The number of pyridine rings is 1. The Hall–Kier alpha value is -1.42. The van der Waals surface area contributed by atoms with Crippen LogP contribution in [-0.2, 0) is 13.0 Å². The lowest BCUT2D eigenvalue weighted by molar-refractivity contribution is 0.490. The first-order valence-corrected chi connectivity index (χ1v) is 6.14. The smallest absolute Gasteiger partial charge is 0.158 e. The largest absolute Gasteiger partial charge is 0.330 e. The van der Waals surface area contributed by atoms with Crippen molar-refractivity contribution >= 4 is 11.0 Å². The Bertz CT molecular complexity index is 513. The lowest BCUT2D eigenvalue weighted by atomic mass is 10.1. The van der Waals surface area contributed by atoms with E-state index in [1.807, 2.05) is 17.8 Å². The maximum Gasteiger partial charge on any atom is 0.158 e. The van der Waals surface area contributed by atoms with E-state index in [9.17, 15) is 0 Å². The summed E-state index contributed by atoms with van der Waals surface area (Å²) < 4.78 is 2.00. The molecule has 2 aromatic rings. The second-order valence-corrected chi connectivity index (χ2v) is 4.91. The fourth-order valence-corrected chi connectivity index (χ4v) is 2.03. The molecule has 0 aromatic carbocycles. The molecule has 0 aliphatic carbocycles. The van der Waals surface area contributed by atoms with Crippen LogP contribution < -0.4 is 5.73 Å². The van der Waals surface area contributed by atoms with Crippen LogP contribution in [0.15, 0.2) is 12.3 Å². The number of fused-ring (bicyclic) bond motifs is 1. The SMILES string of the molecule is Cc1nn(CC(C)C)c2ncc(CCN)cc12. The molecular weight excluding hydrogens is 212 g/mol. The third-order valence-electron chi connectivity index (χ3n) is 2.80. The molecule has 2 aromatic heterocycles. The summed E-state index contributed by atoms with van der Waals surface area (Å²) in [7, 11) is 0. The number of rotatable bonds is 4. The molecule has 2 rings (SSSR count). The molecule has 17 heavy (non-hydrogen) atoms. The van der Waals surface area contributed by atoms with Gasteiger partial charge in [0, 0.05) is 18.1 Å². The Balaban J connectivity index is 2.45. The fraction of sp³-hybridized carbons (Fsp3) is 0.538. The number of hydrogen-bond acceptors (Lipinski definition) is 3. The predicted octanol–water partition coefficient (Wildman–Crippen LogP) is 1.90. The van der Waals surface area contributed by atoms with Crippen LogP contribution in [0.2, 0.25) is 0 Å². The van der Waals surface area contributed by atoms with Crippen LogP contribution in [-0.4, -0.2) is 21.3 Å². The second kappa shape index (κ2) is 4.84. The zero-order valence-corrected chi connectivity index (χ0v) is 10.8. The maximum atomic E-state index is 5.57. The highest BCUT2D eigenvalue weighted by Crippen LogP contribution is 2.18. The molecule has 0 unspecified atom stereocenters. The van der Waals surface area contributed by atoms with Crippen molar-refractivity contribution in [2.24, 2.45) is 11.7 Å². The topological polar surface area (TPSA) is 56.7 Å². The van der Waals surface area contributed by atoms with Gasteiger partial charge in [0.2, 0.25) is 0 Å². The summed E-state index contributed by atoms with van der Waals surface area (Å²) in [5.74, 6) is 0.572. The summed E-state index contributed by atoms with van der Waals surface area (Å²) in [6.07, 6.45) is 2.78. The minimum atomic E-state index is 0.572. The monoisotopic (exact) mass is 232 g/mol. The van der Waals surface area contributed by atoms with Crippen LogP contribution >= 0.6 is 0 Å². The molecule has 0 amide bonds. The molecule has 0 aliphatic rings. The van der Waals surface area contributed by atoms with Gasteiger partial charge in [-0.1, -0.05) is 13.8 Å². The number of hydrogen-bond donors (Lipinski definition) is 1. The first-order chi connectivity index (χ1) is 8.11. The van der Waals surface area contributed by atoms with Crippen LogP contribution in [0.25, 0.3) is 11.0 Å². The molecule has 0 saturated carbocycles.